The minimum absolute atomic E-state index is 0.193. The number of fused-ring (bicyclic) bond motifs is 2. The lowest BCUT2D eigenvalue weighted by molar-refractivity contribution is -0.136. The van der Waals surface area contributed by atoms with Crippen LogP contribution in [0, 0.1) is 0 Å². The third-order valence-electron chi connectivity index (χ3n) is 5.58. The molecule has 0 aliphatic heterocycles. The molecule has 0 saturated carbocycles. The number of anilines is 1. The first kappa shape index (κ1) is 20.7. The van der Waals surface area contributed by atoms with Crippen molar-refractivity contribution >= 4 is 33.7 Å². The molecule has 5 aromatic rings. The average Bonchev–Trinajstić information content (AvgIpc) is 3.25. The van der Waals surface area contributed by atoms with Crippen molar-refractivity contribution < 1.29 is 15.1 Å². The first-order valence-corrected chi connectivity index (χ1v) is 10.7. The number of hydrogen-bond acceptors (Lipinski definition) is 5. The molecular weight excluding hydrogens is 416 g/mol. The zero-order valence-corrected chi connectivity index (χ0v) is 17.8. The van der Waals surface area contributed by atoms with E-state index in [0.29, 0.717) is 10.6 Å². The summed E-state index contributed by atoms with van der Waals surface area (Å²) in [5, 5.41) is 20.9. The van der Waals surface area contributed by atoms with E-state index >= 15 is 0 Å². The Labute approximate surface area is 189 Å². The van der Waals surface area contributed by atoms with E-state index in [1.807, 2.05) is 66.7 Å². The number of carboxylic acid groups (broad SMARTS) is 1. The van der Waals surface area contributed by atoms with Gasteiger partial charge in [0.25, 0.3) is 0 Å². The molecule has 7 heteroatoms. The van der Waals surface area contributed by atoms with Crippen LogP contribution in [-0.4, -0.2) is 37.8 Å². The molecule has 164 valence electrons. The molecule has 0 saturated heterocycles. The van der Waals surface area contributed by atoms with Gasteiger partial charge in [0.1, 0.15) is 12.4 Å². The number of pyridine rings is 1. The zero-order valence-electron chi connectivity index (χ0n) is 17.8. The summed E-state index contributed by atoms with van der Waals surface area (Å²) in [6.07, 6.45) is 1.58. The Bertz CT molecular complexity index is 1410. The molecule has 0 unspecified atom stereocenters. The first-order valence-electron chi connectivity index (χ1n) is 10.7. The van der Waals surface area contributed by atoms with Gasteiger partial charge in [-0.05, 0) is 53.4 Å². The van der Waals surface area contributed by atoms with E-state index in [2.05, 4.69) is 21.0 Å². The van der Waals surface area contributed by atoms with Gasteiger partial charge in [-0.25, -0.2) is 15.0 Å². The van der Waals surface area contributed by atoms with Crippen molar-refractivity contribution in [3.8, 4) is 11.1 Å². The normalized spacial score (nSPS) is 11.2. The van der Waals surface area contributed by atoms with Crippen molar-refractivity contribution in [3.05, 3.63) is 90.3 Å². The van der Waals surface area contributed by atoms with Crippen LogP contribution >= 0.6 is 0 Å². The fraction of sp³-hybridized carbons (Fsp3) is 0.115. The lowest BCUT2D eigenvalue weighted by Crippen LogP contribution is -2.26. The summed E-state index contributed by atoms with van der Waals surface area (Å²) in [6, 6.07) is 25.5. The molecule has 0 radical (unpaired) electrons. The van der Waals surface area contributed by atoms with Crippen LogP contribution in [0.2, 0.25) is 0 Å². The van der Waals surface area contributed by atoms with Crippen molar-refractivity contribution in [2.45, 2.75) is 12.8 Å². The molecule has 0 amide bonds. The number of aliphatic carboxylic acids is 1. The molecule has 2 heterocycles. The van der Waals surface area contributed by atoms with Gasteiger partial charge in [-0.2, -0.15) is 0 Å². The molecule has 7 nitrogen and oxygen atoms in total. The fourth-order valence-electron chi connectivity index (χ4n) is 4.00. The van der Waals surface area contributed by atoms with Gasteiger partial charge < -0.3 is 10.1 Å². The van der Waals surface area contributed by atoms with Gasteiger partial charge in [-0.15, -0.1) is 0 Å². The maximum Gasteiger partial charge on any atom is 0.325 e. The second kappa shape index (κ2) is 8.72. The van der Waals surface area contributed by atoms with Gasteiger partial charge >= 0.3 is 5.97 Å². The third-order valence-corrected chi connectivity index (χ3v) is 5.58. The molecule has 0 atom stereocenters. The average molecular weight is 438 g/mol. The molecule has 0 aliphatic rings. The van der Waals surface area contributed by atoms with Crippen molar-refractivity contribution in [2.24, 2.45) is 0 Å². The van der Waals surface area contributed by atoms with Crippen LogP contribution in [0.15, 0.2) is 78.9 Å². The smallest absolute Gasteiger partial charge is 0.325 e. The number of nitrogens with one attached hydrogen (secondary N) is 1. The predicted molar refractivity (Wildman–Crippen MR) is 127 cm³/mol. The van der Waals surface area contributed by atoms with Gasteiger partial charge in [-0.3, -0.25) is 10.0 Å². The number of imidazole rings is 1. The summed E-state index contributed by atoms with van der Waals surface area (Å²) >= 11 is 0. The summed E-state index contributed by atoms with van der Waals surface area (Å²) < 4.78 is 0. The molecule has 2 aromatic heterocycles. The Hall–Kier alpha value is -4.23. The SMILES string of the molecule is O=C(O)CN(O)c1cc(-c2ccccc2)c2cc(CCc3nc4ccccc4[nH]3)ccc2n1. The number of para-hydroxylation sites is 2. The maximum atomic E-state index is 11.1. The lowest BCUT2D eigenvalue weighted by Gasteiger charge is -2.17. The van der Waals surface area contributed by atoms with Gasteiger partial charge in [0.05, 0.1) is 16.6 Å². The molecule has 0 aliphatic carbocycles. The Morgan fingerprint density at radius 3 is 2.45 bits per heavy atom. The minimum Gasteiger partial charge on any atom is -0.480 e. The molecule has 33 heavy (non-hydrogen) atoms. The van der Waals surface area contributed by atoms with Crippen LogP contribution in [0.4, 0.5) is 5.82 Å². The van der Waals surface area contributed by atoms with Crippen molar-refractivity contribution in [1.29, 1.82) is 0 Å². The van der Waals surface area contributed by atoms with E-state index in [-0.39, 0.29) is 5.82 Å². The number of aromatic amines is 1. The second-order valence-electron chi connectivity index (χ2n) is 7.90. The number of carboxylic acids is 1. The van der Waals surface area contributed by atoms with Crippen LogP contribution in [0.1, 0.15) is 11.4 Å². The van der Waals surface area contributed by atoms with Crippen LogP contribution < -0.4 is 5.06 Å². The number of benzene rings is 3. The number of H-pyrrole nitrogens is 1. The second-order valence-corrected chi connectivity index (χ2v) is 7.90. The van der Waals surface area contributed by atoms with Crippen LogP contribution in [0.25, 0.3) is 33.1 Å². The largest absolute Gasteiger partial charge is 0.480 e. The Kier molecular flexibility index (Phi) is 5.46. The van der Waals surface area contributed by atoms with Crippen LogP contribution in [0.5, 0.6) is 0 Å². The Balaban J connectivity index is 1.50. The summed E-state index contributed by atoms with van der Waals surface area (Å²) in [4.78, 5) is 23.6. The highest BCUT2D eigenvalue weighted by Gasteiger charge is 2.15. The number of carbonyl (C=O) groups is 1. The quantitative estimate of drug-likeness (QED) is 0.314. The van der Waals surface area contributed by atoms with E-state index in [9.17, 15) is 10.0 Å². The van der Waals surface area contributed by atoms with Gasteiger partial charge in [0.15, 0.2) is 5.82 Å². The molecule has 0 fully saturated rings. The molecule has 0 bridgehead atoms. The monoisotopic (exact) mass is 438 g/mol. The highest BCUT2D eigenvalue weighted by atomic mass is 16.5. The van der Waals surface area contributed by atoms with Crippen LogP contribution in [0.3, 0.4) is 0 Å². The standard InChI is InChI=1S/C26H22N4O3/c31-26(32)16-30(33)25-15-19(18-6-2-1-3-7-18)20-14-17(10-12-21(20)29-25)11-13-24-27-22-8-4-5-9-23(22)28-24/h1-10,12,14-15,33H,11,13,16H2,(H,27,28)(H,31,32). The van der Waals surface area contributed by atoms with Crippen molar-refractivity contribution in [3.63, 3.8) is 0 Å². The number of aryl methyl sites for hydroxylation is 2. The summed E-state index contributed by atoms with van der Waals surface area (Å²) in [5.74, 6) is -0.00184. The van der Waals surface area contributed by atoms with Crippen molar-refractivity contribution in [1.82, 2.24) is 15.0 Å². The predicted octanol–water partition coefficient (Wildman–Crippen LogP) is 4.84. The highest BCUT2D eigenvalue weighted by molar-refractivity contribution is 5.96. The number of rotatable bonds is 7. The van der Waals surface area contributed by atoms with E-state index in [0.717, 1.165) is 51.8 Å². The van der Waals surface area contributed by atoms with E-state index in [1.54, 1.807) is 6.07 Å². The number of hydroxylamine groups is 1. The van der Waals surface area contributed by atoms with Gasteiger partial charge in [0, 0.05) is 11.8 Å². The number of aromatic nitrogens is 3. The van der Waals surface area contributed by atoms with E-state index in [1.165, 1.54) is 0 Å². The third kappa shape index (κ3) is 4.40. The lowest BCUT2D eigenvalue weighted by atomic mass is 9.98. The van der Waals surface area contributed by atoms with Crippen LogP contribution in [-0.2, 0) is 17.6 Å². The van der Waals surface area contributed by atoms with Gasteiger partial charge in [-0.1, -0.05) is 48.5 Å². The van der Waals surface area contributed by atoms with E-state index < -0.39 is 12.5 Å². The Morgan fingerprint density at radius 2 is 1.67 bits per heavy atom. The Morgan fingerprint density at radius 1 is 0.879 bits per heavy atom. The maximum absolute atomic E-state index is 11.1. The van der Waals surface area contributed by atoms with Gasteiger partial charge in [0.2, 0.25) is 0 Å². The fourth-order valence-corrected chi connectivity index (χ4v) is 4.00. The summed E-state index contributed by atoms with van der Waals surface area (Å²) in [6.45, 7) is -0.553. The topological polar surface area (TPSA) is 102 Å². The van der Waals surface area contributed by atoms with E-state index in [4.69, 9.17) is 5.11 Å². The number of hydrogen-bond donors (Lipinski definition) is 3. The highest BCUT2D eigenvalue weighted by Crippen LogP contribution is 2.32. The minimum atomic E-state index is -1.14. The summed E-state index contributed by atoms with van der Waals surface area (Å²) in [5.41, 5.74) is 5.66. The molecule has 5 rings (SSSR count). The first-order chi connectivity index (χ1) is 16.1. The number of nitrogens with zero attached hydrogens (tertiary/aromatic N) is 3. The molecule has 0 spiro atoms. The zero-order chi connectivity index (χ0) is 22.8. The molecule has 3 aromatic carbocycles. The summed E-state index contributed by atoms with van der Waals surface area (Å²) in [7, 11) is 0. The van der Waals surface area contributed by atoms with Crippen molar-refractivity contribution in [2.75, 3.05) is 11.6 Å². The molecule has 3 N–H and O–H groups in total. The molecular formula is C26H22N4O3.